The minimum Gasteiger partial charge on any atom is -0.494 e. The van der Waals surface area contributed by atoms with Crippen molar-refractivity contribution in [3.63, 3.8) is 0 Å². The Labute approximate surface area is 172 Å². The molecule has 5 rings (SSSR count). The van der Waals surface area contributed by atoms with Crippen molar-refractivity contribution in [3.05, 3.63) is 59.5 Å². The number of rotatable bonds is 5. The van der Waals surface area contributed by atoms with Gasteiger partial charge in [0.1, 0.15) is 17.9 Å². The van der Waals surface area contributed by atoms with E-state index in [9.17, 15) is 4.79 Å². The summed E-state index contributed by atoms with van der Waals surface area (Å²) >= 11 is 0. The summed E-state index contributed by atoms with van der Waals surface area (Å²) in [6.45, 7) is 4.69. The smallest absolute Gasteiger partial charge is 0.226 e. The van der Waals surface area contributed by atoms with Gasteiger partial charge in [0.2, 0.25) is 5.91 Å². The Balaban J connectivity index is 1.59. The summed E-state index contributed by atoms with van der Waals surface area (Å²) in [4.78, 5) is 12.6. The van der Waals surface area contributed by atoms with Gasteiger partial charge in [0.15, 0.2) is 11.5 Å². The Kier molecular flexibility index (Phi) is 4.42. The van der Waals surface area contributed by atoms with Crippen LogP contribution in [0.3, 0.4) is 0 Å². The summed E-state index contributed by atoms with van der Waals surface area (Å²) in [5, 5.41) is 20.0. The molecule has 30 heavy (non-hydrogen) atoms. The molecule has 3 aromatic heterocycles. The molecule has 0 unspecified atom stereocenters. The number of nitrogens with one attached hydrogen (secondary N) is 1. The number of hydrogen-bond donors (Lipinski definition) is 1. The fourth-order valence-corrected chi connectivity index (χ4v) is 3.87. The molecule has 0 saturated carbocycles. The quantitative estimate of drug-likeness (QED) is 0.550. The minimum atomic E-state index is -0.105. The number of carbonyl (C=O) groups excluding carboxylic acids is 1. The Morgan fingerprint density at radius 1 is 1.23 bits per heavy atom. The summed E-state index contributed by atoms with van der Waals surface area (Å²) in [6.07, 6.45) is 2.83. The fourth-order valence-electron chi connectivity index (χ4n) is 3.87. The third kappa shape index (κ3) is 3.08. The number of hydrogen-bond acceptors (Lipinski definition) is 6. The van der Waals surface area contributed by atoms with Crippen molar-refractivity contribution in [1.29, 1.82) is 0 Å². The molecule has 9 heteroatoms. The molecule has 0 spiro atoms. The molecule has 9 nitrogen and oxygen atoms in total. The van der Waals surface area contributed by atoms with E-state index in [4.69, 9.17) is 4.74 Å². The average Bonchev–Trinajstić information content (AvgIpc) is 3.35. The van der Waals surface area contributed by atoms with Crippen LogP contribution in [-0.2, 0) is 4.79 Å². The summed E-state index contributed by atoms with van der Waals surface area (Å²) < 4.78 is 9.04. The Bertz CT molecular complexity index is 1240. The molecule has 4 heterocycles. The lowest BCUT2D eigenvalue weighted by atomic mass is 9.86. The van der Waals surface area contributed by atoms with Gasteiger partial charge in [-0.05, 0) is 43.2 Å². The Morgan fingerprint density at radius 2 is 2.13 bits per heavy atom. The van der Waals surface area contributed by atoms with Crippen molar-refractivity contribution >= 4 is 17.4 Å². The molecule has 0 radical (unpaired) electrons. The van der Waals surface area contributed by atoms with Crippen LogP contribution >= 0.6 is 0 Å². The van der Waals surface area contributed by atoms with Crippen LogP contribution in [0.4, 0.5) is 5.82 Å². The lowest BCUT2D eigenvalue weighted by Crippen LogP contribution is -2.25. The fraction of sp³-hybridized carbons (Fsp3) is 0.286. The van der Waals surface area contributed by atoms with Crippen LogP contribution in [0, 0.1) is 6.92 Å². The molecule has 1 aliphatic rings. The topological polar surface area (TPSA) is 99.2 Å². The van der Waals surface area contributed by atoms with Crippen molar-refractivity contribution in [2.75, 3.05) is 11.9 Å². The van der Waals surface area contributed by atoms with Gasteiger partial charge in [-0.3, -0.25) is 4.79 Å². The van der Waals surface area contributed by atoms with E-state index < -0.39 is 0 Å². The molecular weight excluding hydrogens is 382 g/mol. The molecule has 152 valence electrons. The highest BCUT2D eigenvalue weighted by molar-refractivity contribution is 5.95. The monoisotopic (exact) mass is 403 g/mol. The van der Waals surface area contributed by atoms with Gasteiger partial charge in [-0.25, -0.2) is 0 Å². The number of benzene rings is 1. The largest absolute Gasteiger partial charge is 0.494 e. The second-order valence-corrected chi connectivity index (χ2v) is 7.31. The van der Waals surface area contributed by atoms with Gasteiger partial charge >= 0.3 is 0 Å². The van der Waals surface area contributed by atoms with Crippen molar-refractivity contribution in [2.45, 2.75) is 32.6 Å². The molecule has 1 aliphatic heterocycles. The first-order valence-electron chi connectivity index (χ1n) is 9.93. The highest BCUT2D eigenvalue weighted by Gasteiger charge is 2.33. The average molecular weight is 403 g/mol. The number of fused-ring (bicyclic) bond motifs is 2. The van der Waals surface area contributed by atoms with Crippen molar-refractivity contribution in [2.24, 2.45) is 0 Å². The summed E-state index contributed by atoms with van der Waals surface area (Å²) in [6, 6.07) is 11.6. The van der Waals surface area contributed by atoms with Crippen molar-refractivity contribution in [3.8, 4) is 11.6 Å². The second kappa shape index (κ2) is 7.25. The molecule has 1 N–H and O–H groups in total. The standard InChI is InChI=1S/C21H21N7O2/c1-3-9-30-15-6-4-5-14(10-15)16-11-19(29)23-21-20(16)13(2)25-28(21)18-8-7-17-24-22-12-27(17)26-18/h4-8,10,12,16H,3,9,11H2,1-2H3,(H,23,29)/t16-/m0/s1. The SMILES string of the molecule is CCCOc1cccc([C@@H]2CC(=O)Nc3c2c(C)nn3-c2ccc3nncn3n2)c1. The zero-order valence-corrected chi connectivity index (χ0v) is 16.7. The van der Waals surface area contributed by atoms with Crippen LogP contribution in [0.25, 0.3) is 11.5 Å². The highest BCUT2D eigenvalue weighted by atomic mass is 16.5. The van der Waals surface area contributed by atoms with E-state index >= 15 is 0 Å². The zero-order valence-electron chi connectivity index (χ0n) is 16.7. The Morgan fingerprint density at radius 3 is 3.00 bits per heavy atom. The van der Waals surface area contributed by atoms with Gasteiger partial charge < -0.3 is 10.1 Å². The lowest BCUT2D eigenvalue weighted by Gasteiger charge is -2.24. The van der Waals surface area contributed by atoms with E-state index in [-0.39, 0.29) is 11.8 Å². The molecule has 0 saturated heterocycles. The van der Waals surface area contributed by atoms with E-state index in [2.05, 4.69) is 32.6 Å². The molecule has 1 amide bonds. The number of ether oxygens (including phenoxy) is 1. The summed E-state index contributed by atoms with van der Waals surface area (Å²) in [7, 11) is 0. The molecule has 4 aromatic rings. The Hall–Kier alpha value is -3.75. The first kappa shape index (κ1) is 18.3. The normalized spacial score (nSPS) is 15.8. The molecular formula is C21H21N7O2. The number of aromatic nitrogens is 6. The molecule has 0 fully saturated rings. The van der Waals surface area contributed by atoms with Crippen LogP contribution in [0.15, 0.2) is 42.7 Å². The van der Waals surface area contributed by atoms with Crippen molar-refractivity contribution in [1.82, 2.24) is 29.6 Å². The van der Waals surface area contributed by atoms with E-state index in [1.807, 2.05) is 43.3 Å². The number of anilines is 1. The lowest BCUT2D eigenvalue weighted by molar-refractivity contribution is -0.116. The first-order valence-corrected chi connectivity index (χ1v) is 9.93. The van der Waals surface area contributed by atoms with Gasteiger partial charge in [-0.1, -0.05) is 19.1 Å². The minimum absolute atomic E-state index is 0.0566. The molecule has 1 atom stereocenters. The maximum absolute atomic E-state index is 12.6. The number of carbonyl (C=O) groups is 1. The van der Waals surface area contributed by atoms with E-state index in [1.54, 1.807) is 9.20 Å². The first-order chi connectivity index (χ1) is 14.6. The van der Waals surface area contributed by atoms with Gasteiger partial charge in [0.05, 0.1) is 12.3 Å². The van der Waals surface area contributed by atoms with Crippen LogP contribution < -0.4 is 10.1 Å². The van der Waals surface area contributed by atoms with Crippen LogP contribution in [0.1, 0.15) is 42.5 Å². The molecule has 1 aromatic carbocycles. The van der Waals surface area contributed by atoms with E-state index in [0.717, 1.165) is 29.0 Å². The number of aryl methyl sites for hydroxylation is 1. The predicted octanol–water partition coefficient (Wildman–Crippen LogP) is 2.88. The predicted molar refractivity (Wildman–Crippen MR) is 110 cm³/mol. The molecule has 0 aliphatic carbocycles. The molecule has 0 bridgehead atoms. The van der Waals surface area contributed by atoms with Crippen molar-refractivity contribution < 1.29 is 9.53 Å². The summed E-state index contributed by atoms with van der Waals surface area (Å²) in [5.74, 6) is 1.87. The maximum Gasteiger partial charge on any atom is 0.226 e. The van der Waals surface area contributed by atoms with Crippen LogP contribution in [-0.4, -0.2) is 42.1 Å². The second-order valence-electron chi connectivity index (χ2n) is 7.31. The third-order valence-electron chi connectivity index (χ3n) is 5.20. The maximum atomic E-state index is 12.6. The summed E-state index contributed by atoms with van der Waals surface area (Å²) in [5.41, 5.74) is 3.51. The van der Waals surface area contributed by atoms with Gasteiger partial charge in [-0.15, -0.1) is 15.3 Å². The number of amides is 1. The van der Waals surface area contributed by atoms with Crippen LogP contribution in [0.2, 0.25) is 0 Å². The third-order valence-corrected chi connectivity index (χ3v) is 5.20. The van der Waals surface area contributed by atoms with Gasteiger partial charge in [0.25, 0.3) is 0 Å². The zero-order chi connectivity index (χ0) is 20.7. The van der Waals surface area contributed by atoms with E-state index in [0.29, 0.717) is 30.3 Å². The van der Waals surface area contributed by atoms with E-state index in [1.165, 1.54) is 6.33 Å². The number of nitrogens with zero attached hydrogens (tertiary/aromatic N) is 6. The van der Waals surface area contributed by atoms with Gasteiger partial charge in [0, 0.05) is 17.9 Å². The van der Waals surface area contributed by atoms with Crippen LogP contribution in [0.5, 0.6) is 5.75 Å². The van der Waals surface area contributed by atoms with Gasteiger partial charge in [-0.2, -0.15) is 14.3 Å². The highest BCUT2D eigenvalue weighted by Crippen LogP contribution is 2.40.